The number of aliphatic hydroxyl groups is 1. The van der Waals surface area contributed by atoms with Crippen molar-refractivity contribution in [2.45, 2.75) is 24.4 Å². The quantitative estimate of drug-likeness (QED) is 0.409. The Bertz CT molecular complexity index is 237. The molecule has 0 aromatic heterocycles. The lowest BCUT2D eigenvalue weighted by molar-refractivity contribution is -0.143. The van der Waals surface area contributed by atoms with Gasteiger partial charge in [-0.2, -0.15) is 0 Å². The van der Waals surface area contributed by atoms with E-state index in [1.807, 2.05) is 0 Å². The molecule has 1 rings (SSSR count). The van der Waals surface area contributed by atoms with Crippen molar-refractivity contribution in [1.29, 1.82) is 0 Å². The van der Waals surface area contributed by atoms with Crippen LogP contribution >= 0.6 is 0 Å². The zero-order chi connectivity index (χ0) is 10.1. The normalized spacial score (nSPS) is 20.5. The molecule has 0 radical (unpaired) electrons. The summed E-state index contributed by atoms with van der Waals surface area (Å²) in [5.41, 5.74) is 4.61. The van der Waals surface area contributed by atoms with Crippen LogP contribution in [-0.2, 0) is 9.59 Å². The summed E-state index contributed by atoms with van der Waals surface area (Å²) in [6.45, 7) is -0.628. The van der Waals surface area contributed by atoms with Gasteiger partial charge in [0, 0.05) is 0 Å². The summed E-state index contributed by atoms with van der Waals surface area (Å²) in [6.07, 6.45) is 1.13. The monoisotopic (exact) mass is 188 g/mol. The molecule has 0 spiro atoms. The number of aliphatic hydroxyl groups excluding tert-OH is 1. The molecule has 6 nitrogen and oxygen atoms in total. The van der Waals surface area contributed by atoms with Gasteiger partial charge in [-0.25, -0.2) is 4.79 Å². The van der Waals surface area contributed by atoms with Crippen LogP contribution in [0.1, 0.15) is 12.8 Å². The van der Waals surface area contributed by atoms with Crippen LogP contribution in [0.3, 0.4) is 0 Å². The average Bonchev–Trinajstić information content (AvgIpc) is 2.79. The molecule has 0 bridgehead atoms. The molecule has 1 saturated carbocycles. The summed E-state index contributed by atoms with van der Waals surface area (Å²) in [7, 11) is 0. The number of nitrogens with one attached hydrogen (secondary N) is 1. The first-order chi connectivity index (χ1) is 5.99. The highest BCUT2D eigenvalue weighted by atomic mass is 16.4. The average molecular weight is 188 g/mol. The second-order valence-electron chi connectivity index (χ2n) is 3.20. The maximum atomic E-state index is 11.2. The number of carboxylic acid groups (broad SMARTS) is 1. The molecule has 1 aliphatic rings. The van der Waals surface area contributed by atoms with Crippen LogP contribution in [-0.4, -0.2) is 40.3 Å². The van der Waals surface area contributed by atoms with Crippen LogP contribution in [0.2, 0.25) is 0 Å². The van der Waals surface area contributed by atoms with E-state index < -0.39 is 30.1 Å². The van der Waals surface area contributed by atoms with Crippen molar-refractivity contribution in [2.75, 3.05) is 6.61 Å². The summed E-state index contributed by atoms with van der Waals surface area (Å²) in [5.74, 6) is -1.77. The number of aliphatic carboxylic acids is 1. The van der Waals surface area contributed by atoms with E-state index in [0.29, 0.717) is 12.8 Å². The van der Waals surface area contributed by atoms with Crippen molar-refractivity contribution < 1.29 is 19.8 Å². The summed E-state index contributed by atoms with van der Waals surface area (Å²) in [5, 5.41) is 19.2. The molecule has 74 valence electrons. The number of hydrogen-bond donors (Lipinski definition) is 4. The predicted molar refractivity (Wildman–Crippen MR) is 42.8 cm³/mol. The van der Waals surface area contributed by atoms with Crippen LogP contribution in [0, 0.1) is 0 Å². The van der Waals surface area contributed by atoms with Gasteiger partial charge >= 0.3 is 5.97 Å². The van der Waals surface area contributed by atoms with Crippen LogP contribution < -0.4 is 11.1 Å². The summed E-state index contributed by atoms with van der Waals surface area (Å²) < 4.78 is 0. The van der Waals surface area contributed by atoms with Gasteiger partial charge in [0.2, 0.25) is 5.91 Å². The van der Waals surface area contributed by atoms with Crippen molar-refractivity contribution in [1.82, 2.24) is 5.32 Å². The minimum absolute atomic E-state index is 0.506. The smallest absolute Gasteiger partial charge is 0.328 e. The van der Waals surface area contributed by atoms with Gasteiger partial charge in [0.15, 0.2) is 0 Å². The molecule has 6 heteroatoms. The Morgan fingerprint density at radius 2 is 2.08 bits per heavy atom. The Morgan fingerprint density at radius 1 is 1.54 bits per heavy atom. The van der Waals surface area contributed by atoms with Gasteiger partial charge in [-0.1, -0.05) is 0 Å². The van der Waals surface area contributed by atoms with Gasteiger partial charge in [0.05, 0.1) is 12.1 Å². The molecule has 1 aliphatic carbocycles. The Balaban J connectivity index is 2.46. The molecule has 0 aliphatic heterocycles. The highest BCUT2D eigenvalue weighted by Gasteiger charge is 2.46. The van der Waals surface area contributed by atoms with E-state index in [0.717, 1.165) is 0 Å². The number of amides is 1. The highest BCUT2D eigenvalue weighted by molar-refractivity contribution is 5.92. The first kappa shape index (κ1) is 9.94. The van der Waals surface area contributed by atoms with Crippen molar-refractivity contribution in [3.8, 4) is 0 Å². The summed E-state index contributed by atoms with van der Waals surface area (Å²) in [4.78, 5) is 21.6. The van der Waals surface area contributed by atoms with E-state index >= 15 is 0 Å². The lowest BCUT2D eigenvalue weighted by Gasteiger charge is -2.14. The molecule has 1 unspecified atom stereocenters. The maximum Gasteiger partial charge on any atom is 0.328 e. The predicted octanol–water partition coefficient (Wildman–Crippen LogP) is -1.96. The van der Waals surface area contributed by atoms with Crippen LogP contribution in [0.25, 0.3) is 0 Å². The Labute approximate surface area is 74.7 Å². The molecule has 1 atom stereocenters. The van der Waals surface area contributed by atoms with Gasteiger partial charge in [-0.15, -0.1) is 0 Å². The van der Waals surface area contributed by atoms with Gasteiger partial charge in [0.25, 0.3) is 0 Å². The second kappa shape index (κ2) is 3.31. The molecule has 13 heavy (non-hydrogen) atoms. The second-order valence-corrected chi connectivity index (χ2v) is 3.20. The fraction of sp³-hybridized carbons (Fsp3) is 0.714. The van der Waals surface area contributed by atoms with E-state index in [4.69, 9.17) is 15.9 Å². The van der Waals surface area contributed by atoms with Gasteiger partial charge in [0.1, 0.15) is 6.04 Å². The third-order valence-electron chi connectivity index (χ3n) is 2.03. The van der Waals surface area contributed by atoms with Crippen molar-refractivity contribution >= 4 is 11.9 Å². The third kappa shape index (κ3) is 2.16. The Kier molecular flexibility index (Phi) is 2.53. The fourth-order valence-electron chi connectivity index (χ4n) is 0.849. The number of carbonyl (C=O) groups excluding carboxylic acids is 1. The fourth-order valence-corrected chi connectivity index (χ4v) is 0.849. The minimum Gasteiger partial charge on any atom is -0.480 e. The number of rotatable bonds is 4. The largest absolute Gasteiger partial charge is 0.480 e. The zero-order valence-electron chi connectivity index (χ0n) is 6.99. The molecule has 0 aromatic carbocycles. The third-order valence-corrected chi connectivity index (χ3v) is 2.03. The minimum atomic E-state index is -1.26. The van der Waals surface area contributed by atoms with Crippen LogP contribution in [0.4, 0.5) is 0 Å². The molecule has 1 fully saturated rings. The van der Waals surface area contributed by atoms with E-state index in [1.54, 1.807) is 0 Å². The molecule has 0 aromatic rings. The van der Waals surface area contributed by atoms with E-state index in [1.165, 1.54) is 0 Å². The van der Waals surface area contributed by atoms with Crippen molar-refractivity contribution in [3.05, 3.63) is 0 Å². The number of nitrogens with two attached hydrogens (primary N) is 1. The number of carbonyl (C=O) groups is 2. The van der Waals surface area contributed by atoms with Crippen molar-refractivity contribution in [2.24, 2.45) is 5.73 Å². The molecule has 0 heterocycles. The lowest BCUT2D eigenvalue weighted by Crippen LogP contribution is -2.51. The first-order valence-electron chi connectivity index (χ1n) is 3.93. The van der Waals surface area contributed by atoms with E-state index in [2.05, 4.69) is 5.32 Å². The van der Waals surface area contributed by atoms with Gasteiger partial charge < -0.3 is 21.3 Å². The summed E-state index contributed by atoms with van der Waals surface area (Å²) >= 11 is 0. The number of carboxylic acids is 1. The summed E-state index contributed by atoms with van der Waals surface area (Å²) in [6, 6.07) is -1.26. The van der Waals surface area contributed by atoms with E-state index in [-0.39, 0.29) is 0 Å². The maximum absolute atomic E-state index is 11.2. The number of hydrogen-bond acceptors (Lipinski definition) is 4. The molecule has 1 amide bonds. The zero-order valence-corrected chi connectivity index (χ0v) is 6.99. The highest BCUT2D eigenvalue weighted by Crippen LogP contribution is 2.32. The topological polar surface area (TPSA) is 113 Å². The van der Waals surface area contributed by atoms with Crippen LogP contribution in [0.5, 0.6) is 0 Å². The van der Waals surface area contributed by atoms with Crippen LogP contribution in [0.15, 0.2) is 0 Å². The van der Waals surface area contributed by atoms with Gasteiger partial charge in [-0.3, -0.25) is 4.79 Å². The molecule has 5 N–H and O–H groups in total. The molecular formula is C7H12N2O4. The van der Waals surface area contributed by atoms with Gasteiger partial charge in [-0.05, 0) is 12.8 Å². The first-order valence-corrected chi connectivity index (χ1v) is 3.93. The van der Waals surface area contributed by atoms with Crippen molar-refractivity contribution in [3.63, 3.8) is 0 Å². The molecule has 0 saturated heterocycles. The van der Waals surface area contributed by atoms with E-state index in [9.17, 15) is 9.59 Å². The lowest BCUT2D eigenvalue weighted by atomic mass is 10.2. The molecular weight excluding hydrogens is 176 g/mol. The Hall–Kier alpha value is -1.14. The Morgan fingerprint density at radius 3 is 2.38 bits per heavy atom. The standard InChI is InChI=1S/C7H12N2O4/c8-7(1-2-7)6(13)9-4(3-10)5(11)12/h4,10H,1-3,8H2,(H,9,13)(H,11,12). The SMILES string of the molecule is NC1(C(=O)NC(CO)C(=O)O)CC1.